The maximum absolute atomic E-state index is 13.5. The van der Waals surface area contributed by atoms with Crippen molar-refractivity contribution in [3.63, 3.8) is 0 Å². The molecule has 0 bridgehead atoms. The molecule has 7 nitrogen and oxygen atoms in total. The van der Waals surface area contributed by atoms with Crippen molar-refractivity contribution in [1.29, 1.82) is 0 Å². The lowest BCUT2D eigenvalue weighted by Crippen LogP contribution is -2.58. The summed E-state index contributed by atoms with van der Waals surface area (Å²) >= 11 is 5.95. The quantitative estimate of drug-likeness (QED) is 0.297. The minimum Gasteiger partial charge on any atom is -0.401 e. The van der Waals surface area contributed by atoms with Crippen LogP contribution in [0.3, 0.4) is 0 Å². The average Bonchev–Trinajstić information content (AvgIpc) is 3.29. The minimum atomic E-state index is -0.694. The van der Waals surface area contributed by atoms with Crippen LogP contribution in [0, 0.1) is 5.41 Å². The Labute approximate surface area is 220 Å². The molecule has 3 unspecified atom stereocenters. The highest BCUT2D eigenvalue weighted by molar-refractivity contribution is 8.00. The number of nitrogens with one attached hydrogen (secondary N) is 2. The number of carbonyl (C=O) groups excluding carboxylic acids is 3. The zero-order valence-electron chi connectivity index (χ0n) is 21.7. The fourth-order valence-electron chi connectivity index (χ4n) is 4.07. The van der Waals surface area contributed by atoms with Gasteiger partial charge in [-0.05, 0) is 48.9 Å². The number of thiol groups is 1. The van der Waals surface area contributed by atoms with Gasteiger partial charge in [0.2, 0.25) is 17.7 Å². The molecule has 1 fully saturated rings. The van der Waals surface area contributed by atoms with Gasteiger partial charge in [-0.1, -0.05) is 45.0 Å². The molecule has 0 aliphatic carbocycles. The van der Waals surface area contributed by atoms with Crippen LogP contribution in [0.5, 0.6) is 0 Å². The first kappa shape index (κ1) is 29.2. The largest absolute Gasteiger partial charge is 0.401 e. The molecule has 0 aromatic heterocycles. The van der Waals surface area contributed by atoms with Gasteiger partial charge >= 0.3 is 0 Å². The number of rotatable bonds is 9. The third-order valence-corrected chi connectivity index (χ3v) is 7.60. The number of benzene rings is 1. The Morgan fingerprint density at radius 3 is 2.40 bits per heavy atom. The average molecular weight is 519 g/mol. The van der Waals surface area contributed by atoms with E-state index in [1.54, 1.807) is 11.8 Å². The summed E-state index contributed by atoms with van der Waals surface area (Å²) in [7, 11) is 1.99. The molecule has 1 saturated heterocycles. The molecule has 1 aliphatic rings. The zero-order valence-corrected chi connectivity index (χ0v) is 23.4. The van der Waals surface area contributed by atoms with Crippen molar-refractivity contribution in [1.82, 2.24) is 15.5 Å². The summed E-state index contributed by atoms with van der Waals surface area (Å²) in [5, 5.41) is 5.98. The number of allylic oxidation sites excluding steroid dienone is 1. The standard InChI is InChI=1S/C25H39BN4O3S2/c1-15(27)21(34)18-10-8-17(9-11-18)16(2)28-23(32)19-7-6-12-30(19)24(33)22(25(3,4)5)29-20(31)13-35-14-26/h8-11,16,19,22,34H,6-7,12-14,26-27H2,1-5H3,(H,28,32)(H,29,31)/b21-15-. The number of amides is 3. The fraction of sp³-hybridized carbons (Fsp3) is 0.560. The van der Waals surface area contributed by atoms with Gasteiger partial charge in [-0.25, -0.2) is 0 Å². The molecule has 1 heterocycles. The van der Waals surface area contributed by atoms with Gasteiger partial charge in [-0.15, -0.1) is 12.6 Å². The van der Waals surface area contributed by atoms with E-state index in [-0.39, 0.29) is 23.8 Å². The molecule has 1 aliphatic heterocycles. The maximum atomic E-state index is 13.5. The molecule has 192 valence electrons. The Balaban J connectivity index is 2.11. The number of hydrogen-bond donors (Lipinski definition) is 4. The van der Waals surface area contributed by atoms with Crippen LogP contribution >= 0.6 is 24.4 Å². The van der Waals surface area contributed by atoms with Gasteiger partial charge in [0.1, 0.15) is 19.9 Å². The van der Waals surface area contributed by atoms with Gasteiger partial charge in [-0.2, -0.15) is 11.8 Å². The SMILES string of the molecule is BCSCC(=O)NC(C(=O)N1CCCC1C(=O)NC(C)c1ccc(/C(S)=C(\C)N)cc1)C(C)(C)C. The van der Waals surface area contributed by atoms with Crippen molar-refractivity contribution < 1.29 is 14.4 Å². The van der Waals surface area contributed by atoms with Gasteiger partial charge < -0.3 is 21.3 Å². The van der Waals surface area contributed by atoms with Crippen molar-refractivity contribution in [3.8, 4) is 0 Å². The molecule has 3 atom stereocenters. The monoisotopic (exact) mass is 518 g/mol. The molecule has 1 aromatic carbocycles. The van der Waals surface area contributed by atoms with Crippen molar-refractivity contribution in [3.05, 3.63) is 41.1 Å². The molecule has 0 saturated carbocycles. The molecule has 0 spiro atoms. The van der Waals surface area contributed by atoms with Crippen LogP contribution in [0.2, 0.25) is 0 Å². The smallest absolute Gasteiger partial charge is 0.246 e. The van der Waals surface area contributed by atoms with Crippen LogP contribution < -0.4 is 16.4 Å². The fourth-order valence-corrected chi connectivity index (χ4v) is 4.69. The molecule has 0 radical (unpaired) electrons. The molecule has 4 N–H and O–H groups in total. The van der Waals surface area contributed by atoms with Crippen LogP contribution in [0.15, 0.2) is 30.0 Å². The van der Waals surface area contributed by atoms with E-state index in [1.165, 1.54) is 11.8 Å². The van der Waals surface area contributed by atoms with Gasteiger partial charge in [0.15, 0.2) is 0 Å². The van der Waals surface area contributed by atoms with E-state index < -0.39 is 17.5 Å². The second kappa shape index (κ2) is 12.8. The first-order valence-corrected chi connectivity index (χ1v) is 13.7. The summed E-state index contributed by atoms with van der Waals surface area (Å²) in [5.74, 6) is -0.231. The molecule has 35 heavy (non-hydrogen) atoms. The Morgan fingerprint density at radius 1 is 1.23 bits per heavy atom. The summed E-state index contributed by atoms with van der Waals surface area (Å²) in [6.45, 7) is 10.0. The molecule has 10 heteroatoms. The third-order valence-electron chi connectivity index (χ3n) is 6.11. The van der Waals surface area contributed by atoms with Crippen molar-refractivity contribution in [2.75, 3.05) is 17.9 Å². The lowest BCUT2D eigenvalue weighted by molar-refractivity contribution is -0.143. The van der Waals surface area contributed by atoms with Crippen LogP contribution in [-0.2, 0) is 14.4 Å². The van der Waals surface area contributed by atoms with E-state index in [1.807, 2.05) is 59.8 Å². The highest BCUT2D eigenvalue weighted by Crippen LogP contribution is 2.27. The predicted octanol–water partition coefficient (Wildman–Crippen LogP) is 2.29. The molecular formula is C25H39BN4O3S2. The van der Waals surface area contributed by atoms with Crippen LogP contribution in [-0.4, -0.2) is 60.5 Å². The summed E-state index contributed by atoms with van der Waals surface area (Å²) in [4.78, 5) is 41.5. The van der Waals surface area contributed by atoms with Crippen LogP contribution in [0.4, 0.5) is 0 Å². The summed E-state index contributed by atoms with van der Waals surface area (Å²) in [6.07, 6.45) is 1.35. The molecule has 3 amide bonds. The number of nitrogens with zero attached hydrogens (tertiary/aromatic N) is 1. The van der Waals surface area contributed by atoms with Crippen molar-refractivity contribution >= 4 is 54.9 Å². The lowest BCUT2D eigenvalue weighted by Gasteiger charge is -2.35. The first-order valence-electron chi connectivity index (χ1n) is 12.1. The second-order valence-corrected chi connectivity index (χ2v) is 11.8. The van der Waals surface area contributed by atoms with E-state index in [0.717, 1.165) is 28.1 Å². The highest BCUT2D eigenvalue weighted by Gasteiger charge is 2.42. The number of hydrogen-bond acceptors (Lipinski definition) is 6. The second-order valence-electron chi connectivity index (χ2n) is 10.1. The minimum absolute atomic E-state index is 0.161. The summed E-state index contributed by atoms with van der Waals surface area (Å²) in [6, 6.07) is 6.26. The summed E-state index contributed by atoms with van der Waals surface area (Å²) in [5.41, 5.74) is 8.67. The number of likely N-dealkylation sites (tertiary alicyclic amines) is 1. The third kappa shape index (κ3) is 7.97. The Morgan fingerprint density at radius 2 is 1.86 bits per heavy atom. The van der Waals surface area contributed by atoms with Gasteiger partial charge in [0.05, 0.1) is 11.8 Å². The van der Waals surface area contributed by atoms with Crippen molar-refractivity contribution in [2.24, 2.45) is 11.1 Å². The van der Waals surface area contributed by atoms with Gasteiger partial charge in [-0.3, -0.25) is 14.4 Å². The lowest BCUT2D eigenvalue weighted by atomic mass is 9.85. The Kier molecular flexibility index (Phi) is 10.6. The number of nitrogens with two attached hydrogens (primary N) is 1. The van der Waals surface area contributed by atoms with Crippen LogP contribution in [0.1, 0.15) is 64.6 Å². The first-order chi connectivity index (χ1) is 16.4. The number of thioether (sulfide) groups is 1. The van der Waals surface area contributed by atoms with E-state index in [2.05, 4.69) is 23.3 Å². The van der Waals surface area contributed by atoms with Gasteiger partial charge in [0, 0.05) is 17.1 Å². The normalized spacial score (nSPS) is 18.5. The topological polar surface area (TPSA) is 105 Å². The molecular weight excluding hydrogens is 479 g/mol. The highest BCUT2D eigenvalue weighted by atomic mass is 32.2. The van der Waals surface area contributed by atoms with Crippen LogP contribution in [0.25, 0.3) is 4.91 Å². The van der Waals surface area contributed by atoms with E-state index in [0.29, 0.717) is 24.4 Å². The number of carbonyl (C=O) groups is 3. The maximum Gasteiger partial charge on any atom is 0.246 e. The van der Waals surface area contributed by atoms with Gasteiger partial charge in [0.25, 0.3) is 0 Å². The zero-order chi connectivity index (χ0) is 26.3. The Bertz CT molecular complexity index is 943. The summed E-state index contributed by atoms with van der Waals surface area (Å²) < 4.78 is 0. The van der Waals surface area contributed by atoms with E-state index in [9.17, 15) is 14.4 Å². The Hall–Kier alpha value is -2.07. The van der Waals surface area contributed by atoms with Crippen molar-refractivity contribution in [2.45, 2.75) is 65.6 Å². The molecule has 1 aromatic rings. The van der Waals surface area contributed by atoms with E-state index >= 15 is 0 Å². The molecule has 2 rings (SSSR count). The predicted molar refractivity (Wildman–Crippen MR) is 151 cm³/mol. The van der Waals surface area contributed by atoms with E-state index in [4.69, 9.17) is 5.73 Å².